The molecule has 0 aliphatic carbocycles. The van der Waals surface area contributed by atoms with Gasteiger partial charge in [0.25, 0.3) is 11.4 Å². The average molecular weight is 283 g/mol. The van der Waals surface area contributed by atoms with Gasteiger partial charge in [-0.3, -0.25) is 24.8 Å². The summed E-state index contributed by atoms with van der Waals surface area (Å²) in [6.07, 6.45) is 0. The molecule has 0 bridgehead atoms. The molecule has 17 heavy (non-hydrogen) atoms. The molecule has 0 amide bonds. The lowest BCUT2D eigenvalue weighted by Gasteiger charge is -2.01. The quantitative estimate of drug-likeness (QED) is 0.501. The predicted octanol–water partition coefficient (Wildman–Crippen LogP) is 1.40. The Morgan fingerprint density at radius 3 is 1.71 bits per heavy atom. The van der Waals surface area contributed by atoms with E-state index in [1.54, 1.807) is 0 Å². The molecule has 11 heteroatoms. The SMILES string of the molecule is O=[N+]([O-])c1cc(Cl)cc([N+](=O)[O-])c1S(=O)(=O)O. The van der Waals surface area contributed by atoms with Crippen LogP contribution in [0.25, 0.3) is 0 Å². The molecule has 1 aromatic carbocycles. The molecule has 0 radical (unpaired) electrons. The standard InChI is InChI=1S/C6H3ClN2O7S/c7-3-1-4(8(10)11)6(17(14,15)16)5(2-3)9(12)13/h1-2H,(H,14,15,16). The van der Waals surface area contributed by atoms with Crippen LogP contribution in [0.4, 0.5) is 11.4 Å². The Morgan fingerprint density at radius 2 is 1.47 bits per heavy atom. The van der Waals surface area contributed by atoms with E-state index in [9.17, 15) is 28.6 Å². The van der Waals surface area contributed by atoms with Gasteiger partial charge in [0.05, 0.1) is 14.9 Å². The van der Waals surface area contributed by atoms with Crippen LogP contribution in [0, 0.1) is 20.2 Å². The number of nitro benzene ring substituents is 2. The fraction of sp³-hybridized carbons (Fsp3) is 0. The fourth-order valence-corrected chi connectivity index (χ4v) is 2.10. The first-order valence-electron chi connectivity index (χ1n) is 3.74. The summed E-state index contributed by atoms with van der Waals surface area (Å²) in [5.41, 5.74) is -2.32. The molecule has 1 rings (SSSR count). The van der Waals surface area contributed by atoms with Crippen molar-refractivity contribution in [1.82, 2.24) is 0 Å². The maximum atomic E-state index is 10.9. The van der Waals surface area contributed by atoms with Gasteiger partial charge in [0.1, 0.15) is 0 Å². The zero-order chi connectivity index (χ0) is 13.4. The molecule has 9 nitrogen and oxygen atoms in total. The van der Waals surface area contributed by atoms with Gasteiger partial charge in [-0.2, -0.15) is 8.42 Å². The van der Waals surface area contributed by atoms with Crippen LogP contribution in [0.3, 0.4) is 0 Å². The van der Waals surface area contributed by atoms with E-state index in [1.807, 2.05) is 0 Å². The minimum absolute atomic E-state index is 0.393. The molecular weight excluding hydrogens is 280 g/mol. The van der Waals surface area contributed by atoms with Crippen LogP contribution in [0.5, 0.6) is 0 Å². The molecule has 0 fully saturated rings. The van der Waals surface area contributed by atoms with Crippen LogP contribution in [0.15, 0.2) is 17.0 Å². The van der Waals surface area contributed by atoms with Crippen molar-refractivity contribution in [1.29, 1.82) is 0 Å². The Morgan fingerprint density at radius 1 is 1.12 bits per heavy atom. The molecule has 0 heterocycles. The second-order valence-corrected chi connectivity index (χ2v) is 4.56. The van der Waals surface area contributed by atoms with E-state index in [4.69, 9.17) is 16.2 Å². The van der Waals surface area contributed by atoms with E-state index < -0.39 is 41.3 Å². The zero-order valence-electron chi connectivity index (χ0n) is 7.73. The van der Waals surface area contributed by atoms with Gasteiger partial charge >= 0.3 is 10.1 Å². The number of nitro groups is 2. The molecule has 0 aromatic heterocycles. The first-order valence-corrected chi connectivity index (χ1v) is 5.56. The molecule has 0 atom stereocenters. The monoisotopic (exact) mass is 282 g/mol. The van der Waals surface area contributed by atoms with Crippen molar-refractivity contribution in [2.75, 3.05) is 0 Å². The van der Waals surface area contributed by atoms with Crippen LogP contribution in [-0.2, 0) is 10.1 Å². The Bertz CT molecular complexity index is 576. The van der Waals surface area contributed by atoms with Crippen molar-refractivity contribution in [2.24, 2.45) is 0 Å². The number of nitrogens with zero attached hydrogens (tertiary/aromatic N) is 2. The first kappa shape index (κ1) is 13.3. The molecule has 92 valence electrons. The maximum absolute atomic E-state index is 10.9. The van der Waals surface area contributed by atoms with Crippen LogP contribution >= 0.6 is 11.6 Å². The third-order valence-corrected chi connectivity index (χ3v) is 2.82. The molecule has 0 spiro atoms. The van der Waals surface area contributed by atoms with Gasteiger partial charge in [-0.1, -0.05) is 11.6 Å². The fourth-order valence-electron chi connectivity index (χ4n) is 1.10. The molecular formula is C6H3ClN2O7S. The average Bonchev–Trinajstić information content (AvgIpc) is 2.14. The second-order valence-electron chi connectivity index (χ2n) is 2.76. The Balaban J connectivity index is 3.85. The smallest absolute Gasteiger partial charge is 0.281 e. The summed E-state index contributed by atoms with van der Waals surface area (Å²) < 4.78 is 30.6. The minimum atomic E-state index is -5.11. The molecule has 0 unspecified atom stereocenters. The zero-order valence-corrected chi connectivity index (χ0v) is 9.30. The lowest BCUT2D eigenvalue weighted by atomic mass is 10.3. The highest BCUT2D eigenvalue weighted by Gasteiger charge is 2.35. The van der Waals surface area contributed by atoms with Gasteiger partial charge < -0.3 is 0 Å². The van der Waals surface area contributed by atoms with Gasteiger partial charge in [-0.25, -0.2) is 0 Å². The molecule has 1 aromatic rings. The largest absolute Gasteiger partial charge is 0.308 e. The van der Waals surface area contributed by atoms with Gasteiger partial charge in [-0.15, -0.1) is 0 Å². The number of rotatable bonds is 3. The molecule has 0 aliphatic rings. The number of hydrogen-bond donors (Lipinski definition) is 1. The third-order valence-electron chi connectivity index (χ3n) is 1.67. The van der Waals surface area contributed by atoms with Crippen LogP contribution < -0.4 is 0 Å². The number of hydrogen-bond acceptors (Lipinski definition) is 6. The number of benzene rings is 1. The van der Waals surface area contributed by atoms with Crippen molar-refractivity contribution in [2.45, 2.75) is 4.90 Å². The van der Waals surface area contributed by atoms with Crippen molar-refractivity contribution in [3.63, 3.8) is 0 Å². The summed E-state index contributed by atoms with van der Waals surface area (Å²) in [4.78, 5) is 17.3. The third kappa shape index (κ3) is 2.67. The summed E-state index contributed by atoms with van der Waals surface area (Å²) >= 11 is 5.37. The molecule has 1 N–H and O–H groups in total. The Hall–Kier alpha value is -1.78. The highest BCUT2D eigenvalue weighted by atomic mass is 35.5. The normalized spacial score (nSPS) is 11.2. The van der Waals surface area contributed by atoms with Crippen molar-refractivity contribution >= 4 is 33.1 Å². The predicted molar refractivity (Wildman–Crippen MR) is 54.6 cm³/mol. The number of halogens is 1. The maximum Gasteiger partial charge on any atom is 0.308 e. The van der Waals surface area contributed by atoms with Crippen molar-refractivity contribution in [3.05, 3.63) is 37.4 Å². The van der Waals surface area contributed by atoms with Crippen molar-refractivity contribution < 1.29 is 22.8 Å². The van der Waals surface area contributed by atoms with Gasteiger partial charge in [0, 0.05) is 12.1 Å². The topological polar surface area (TPSA) is 141 Å². The summed E-state index contributed by atoms with van der Waals surface area (Å²) in [5.74, 6) is 0. The lowest BCUT2D eigenvalue weighted by molar-refractivity contribution is -0.399. The summed E-state index contributed by atoms with van der Waals surface area (Å²) in [5, 5.41) is 20.7. The van der Waals surface area contributed by atoms with Gasteiger partial charge in [-0.05, 0) is 0 Å². The van der Waals surface area contributed by atoms with Crippen LogP contribution in [-0.4, -0.2) is 22.8 Å². The molecule has 0 saturated heterocycles. The highest BCUT2D eigenvalue weighted by Crippen LogP contribution is 2.35. The van der Waals surface area contributed by atoms with E-state index in [2.05, 4.69) is 0 Å². The molecule has 0 aliphatic heterocycles. The van der Waals surface area contributed by atoms with E-state index in [1.165, 1.54) is 0 Å². The summed E-state index contributed by atoms with van der Waals surface area (Å²) in [6.45, 7) is 0. The Labute approximate surface area is 98.7 Å². The second kappa shape index (κ2) is 4.24. The van der Waals surface area contributed by atoms with E-state index in [-0.39, 0.29) is 0 Å². The van der Waals surface area contributed by atoms with Crippen molar-refractivity contribution in [3.8, 4) is 0 Å². The van der Waals surface area contributed by atoms with Crippen LogP contribution in [0.2, 0.25) is 5.02 Å². The summed E-state index contributed by atoms with van der Waals surface area (Å²) in [7, 11) is -5.11. The lowest BCUT2D eigenvalue weighted by Crippen LogP contribution is -2.07. The summed E-state index contributed by atoms with van der Waals surface area (Å²) in [6, 6.07) is 1.19. The van der Waals surface area contributed by atoms with Gasteiger partial charge in [0.2, 0.25) is 4.90 Å². The van der Waals surface area contributed by atoms with E-state index in [0.717, 1.165) is 0 Å². The first-order chi connectivity index (χ1) is 7.64. The van der Waals surface area contributed by atoms with E-state index in [0.29, 0.717) is 12.1 Å². The van der Waals surface area contributed by atoms with E-state index >= 15 is 0 Å². The van der Waals surface area contributed by atoms with Gasteiger partial charge in [0.15, 0.2) is 0 Å². The molecule has 0 saturated carbocycles. The Kier molecular flexibility index (Phi) is 3.31. The van der Waals surface area contributed by atoms with Crippen LogP contribution in [0.1, 0.15) is 0 Å². The minimum Gasteiger partial charge on any atom is -0.281 e. The highest BCUT2D eigenvalue weighted by molar-refractivity contribution is 7.86.